The highest BCUT2D eigenvalue weighted by Crippen LogP contribution is 2.36. The van der Waals surface area contributed by atoms with Gasteiger partial charge < -0.3 is 5.11 Å². The maximum atomic E-state index is 13.5. The smallest absolute Gasteiger partial charge is 0.171 e. The van der Waals surface area contributed by atoms with Gasteiger partial charge in [0.2, 0.25) is 0 Å². The molecular formula is C10H11ClF2O. The molecule has 0 aliphatic carbocycles. The molecule has 0 aromatic heterocycles. The first kappa shape index (κ1) is 11.2. The number of hydrogen-bond donors (Lipinski definition) is 1. The number of halogens is 3. The van der Waals surface area contributed by atoms with Crippen molar-refractivity contribution in [3.8, 4) is 5.75 Å². The SMILES string of the molecule is Cc1c(O)c(F)c(C(C)C)c(F)c1Cl. The van der Waals surface area contributed by atoms with Gasteiger partial charge in [0.15, 0.2) is 11.6 Å². The summed E-state index contributed by atoms with van der Waals surface area (Å²) in [7, 11) is 0. The van der Waals surface area contributed by atoms with E-state index in [2.05, 4.69) is 0 Å². The lowest BCUT2D eigenvalue weighted by Crippen LogP contribution is -2.01. The predicted molar refractivity (Wildman–Crippen MR) is 51.9 cm³/mol. The van der Waals surface area contributed by atoms with Crippen LogP contribution in [-0.2, 0) is 0 Å². The Labute approximate surface area is 86.3 Å². The highest BCUT2D eigenvalue weighted by molar-refractivity contribution is 6.31. The van der Waals surface area contributed by atoms with Crippen LogP contribution in [0.3, 0.4) is 0 Å². The minimum Gasteiger partial charge on any atom is -0.505 e. The third-order valence-electron chi connectivity index (χ3n) is 2.14. The Bertz CT molecular complexity index is 346. The number of benzene rings is 1. The molecule has 1 aromatic carbocycles. The van der Waals surface area contributed by atoms with Gasteiger partial charge in [0.25, 0.3) is 0 Å². The first-order chi connectivity index (χ1) is 6.37. The van der Waals surface area contributed by atoms with E-state index in [9.17, 15) is 13.9 Å². The number of rotatable bonds is 1. The summed E-state index contributed by atoms with van der Waals surface area (Å²) in [6.45, 7) is 4.63. The van der Waals surface area contributed by atoms with E-state index in [0.29, 0.717) is 0 Å². The topological polar surface area (TPSA) is 20.2 Å². The van der Waals surface area contributed by atoms with Crippen molar-refractivity contribution in [3.05, 3.63) is 27.8 Å². The van der Waals surface area contributed by atoms with E-state index < -0.39 is 17.4 Å². The zero-order valence-electron chi connectivity index (χ0n) is 8.16. The molecule has 78 valence electrons. The molecule has 1 rings (SSSR count). The van der Waals surface area contributed by atoms with Crippen LogP contribution in [-0.4, -0.2) is 5.11 Å². The summed E-state index contributed by atoms with van der Waals surface area (Å²) in [6.07, 6.45) is 0. The van der Waals surface area contributed by atoms with E-state index >= 15 is 0 Å². The van der Waals surface area contributed by atoms with E-state index in [1.54, 1.807) is 13.8 Å². The molecule has 0 bridgehead atoms. The van der Waals surface area contributed by atoms with E-state index in [4.69, 9.17) is 11.6 Å². The van der Waals surface area contributed by atoms with Gasteiger partial charge in [-0.1, -0.05) is 25.4 Å². The lowest BCUT2D eigenvalue weighted by molar-refractivity contribution is 0.415. The minimum absolute atomic E-state index is 0.0334. The largest absolute Gasteiger partial charge is 0.505 e. The Kier molecular flexibility index (Phi) is 3.00. The van der Waals surface area contributed by atoms with Crippen LogP contribution in [0.1, 0.15) is 30.9 Å². The van der Waals surface area contributed by atoms with Crippen LogP contribution in [0.5, 0.6) is 5.75 Å². The standard InChI is InChI=1S/C10H11ClF2O/c1-4(2)6-8(12)7(11)5(3)10(14)9(6)13/h4,14H,1-3H3. The van der Waals surface area contributed by atoms with Crippen LogP contribution in [0.2, 0.25) is 5.02 Å². The van der Waals surface area contributed by atoms with Gasteiger partial charge in [0.1, 0.15) is 5.82 Å². The third-order valence-corrected chi connectivity index (χ3v) is 2.58. The number of aromatic hydroxyl groups is 1. The molecule has 0 spiro atoms. The van der Waals surface area contributed by atoms with Crippen molar-refractivity contribution in [2.75, 3.05) is 0 Å². The van der Waals surface area contributed by atoms with Crippen LogP contribution < -0.4 is 0 Å². The van der Waals surface area contributed by atoms with Crippen LogP contribution >= 0.6 is 11.6 Å². The molecule has 0 unspecified atom stereocenters. The highest BCUT2D eigenvalue weighted by Gasteiger charge is 2.22. The molecule has 0 saturated heterocycles. The van der Waals surface area contributed by atoms with Crippen molar-refractivity contribution in [3.63, 3.8) is 0 Å². The van der Waals surface area contributed by atoms with E-state index in [1.165, 1.54) is 6.92 Å². The molecule has 4 heteroatoms. The Morgan fingerprint density at radius 1 is 1.21 bits per heavy atom. The average Bonchev–Trinajstić information content (AvgIpc) is 2.11. The van der Waals surface area contributed by atoms with Gasteiger partial charge in [0, 0.05) is 11.1 Å². The van der Waals surface area contributed by atoms with Crippen LogP contribution in [0.25, 0.3) is 0 Å². The lowest BCUT2D eigenvalue weighted by atomic mass is 9.99. The van der Waals surface area contributed by atoms with Gasteiger partial charge in [-0.2, -0.15) is 0 Å². The van der Waals surface area contributed by atoms with Crippen LogP contribution in [0.15, 0.2) is 0 Å². The van der Waals surface area contributed by atoms with E-state index in [-0.39, 0.29) is 22.1 Å². The van der Waals surface area contributed by atoms with Crippen molar-refractivity contribution >= 4 is 11.6 Å². The first-order valence-corrected chi connectivity index (χ1v) is 4.61. The van der Waals surface area contributed by atoms with E-state index in [1.807, 2.05) is 0 Å². The van der Waals surface area contributed by atoms with Gasteiger partial charge in [-0.25, -0.2) is 8.78 Å². The fraction of sp³-hybridized carbons (Fsp3) is 0.400. The monoisotopic (exact) mass is 220 g/mol. The Morgan fingerprint density at radius 3 is 2.14 bits per heavy atom. The fourth-order valence-corrected chi connectivity index (χ4v) is 1.47. The van der Waals surface area contributed by atoms with Gasteiger partial charge in [-0.15, -0.1) is 0 Å². The summed E-state index contributed by atoms with van der Waals surface area (Å²) in [5.41, 5.74) is -0.135. The summed E-state index contributed by atoms with van der Waals surface area (Å²) in [4.78, 5) is 0. The molecule has 0 atom stereocenters. The highest BCUT2D eigenvalue weighted by atomic mass is 35.5. The van der Waals surface area contributed by atoms with E-state index in [0.717, 1.165) is 0 Å². The maximum Gasteiger partial charge on any atom is 0.171 e. The maximum absolute atomic E-state index is 13.5. The summed E-state index contributed by atoms with van der Waals surface area (Å²) in [5.74, 6) is -2.63. The van der Waals surface area contributed by atoms with Gasteiger partial charge in [-0.3, -0.25) is 0 Å². The summed E-state index contributed by atoms with van der Waals surface area (Å²) >= 11 is 5.60. The Morgan fingerprint density at radius 2 is 1.71 bits per heavy atom. The van der Waals surface area contributed by atoms with Gasteiger partial charge >= 0.3 is 0 Å². The molecule has 1 aromatic rings. The zero-order chi connectivity index (χ0) is 11.0. The van der Waals surface area contributed by atoms with Gasteiger partial charge in [0.05, 0.1) is 5.02 Å². The fourth-order valence-electron chi connectivity index (χ4n) is 1.28. The molecule has 0 fully saturated rings. The molecule has 0 amide bonds. The summed E-state index contributed by atoms with van der Waals surface area (Å²) in [6, 6.07) is 0. The number of phenolic OH excluding ortho intramolecular Hbond substituents is 1. The molecule has 0 heterocycles. The van der Waals surface area contributed by atoms with Crippen molar-refractivity contribution in [1.29, 1.82) is 0 Å². The predicted octanol–water partition coefficient (Wildman–Crippen LogP) is 3.76. The first-order valence-electron chi connectivity index (χ1n) is 4.23. The summed E-state index contributed by atoms with van der Waals surface area (Å²) < 4.78 is 26.9. The molecule has 0 radical (unpaired) electrons. The average molecular weight is 221 g/mol. The van der Waals surface area contributed by atoms with Crippen molar-refractivity contribution in [1.82, 2.24) is 0 Å². The van der Waals surface area contributed by atoms with Crippen LogP contribution in [0.4, 0.5) is 8.78 Å². The molecule has 14 heavy (non-hydrogen) atoms. The molecule has 0 saturated carbocycles. The Balaban J connectivity index is 3.60. The molecular weight excluding hydrogens is 210 g/mol. The van der Waals surface area contributed by atoms with Gasteiger partial charge in [-0.05, 0) is 12.8 Å². The third kappa shape index (κ3) is 1.57. The second kappa shape index (κ2) is 3.73. The molecule has 1 N–H and O–H groups in total. The molecule has 0 aliphatic heterocycles. The normalized spacial score (nSPS) is 11.1. The van der Waals surface area contributed by atoms with Crippen molar-refractivity contribution in [2.24, 2.45) is 0 Å². The number of hydrogen-bond acceptors (Lipinski definition) is 1. The lowest BCUT2D eigenvalue weighted by Gasteiger charge is -2.13. The van der Waals surface area contributed by atoms with Crippen molar-refractivity contribution < 1.29 is 13.9 Å². The minimum atomic E-state index is -0.917. The van der Waals surface area contributed by atoms with Crippen LogP contribution in [0, 0.1) is 18.6 Å². The number of phenols is 1. The second-order valence-corrected chi connectivity index (χ2v) is 3.86. The Hall–Kier alpha value is -0.830. The summed E-state index contributed by atoms with van der Waals surface area (Å²) in [5, 5.41) is 9.10. The molecule has 0 aliphatic rings. The molecule has 1 nitrogen and oxygen atoms in total. The zero-order valence-corrected chi connectivity index (χ0v) is 8.91. The quantitative estimate of drug-likeness (QED) is 0.715. The second-order valence-electron chi connectivity index (χ2n) is 3.48. The van der Waals surface area contributed by atoms with Crippen molar-refractivity contribution in [2.45, 2.75) is 26.7 Å².